The van der Waals surface area contributed by atoms with E-state index in [1.807, 2.05) is 12.1 Å². The zero-order valence-corrected chi connectivity index (χ0v) is 8.24. The van der Waals surface area contributed by atoms with Crippen LogP contribution in [-0.2, 0) is 16.0 Å². The SMILES string of the molecule is O=C=NC(=O)Cc1cccc(Br)c1. The van der Waals surface area contributed by atoms with Gasteiger partial charge in [0.15, 0.2) is 0 Å². The highest BCUT2D eigenvalue weighted by Gasteiger charge is 2.01. The molecule has 66 valence electrons. The fraction of sp³-hybridized carbons (Fsp3) is 0.111. The second-order valence-electron chi connectivity index (χ2n) is 2.40. The van der Waals surface area contributed by atoms with E-state index in [9.17, 15) is 9.59 Å². The molecular formula is C9H6BrNO2. The molecule has 0 heterocycles. The van der Waals surface area contributed by atoms with Gasteiger partial charge in [-0.15, -0.1) is 4.99 Å². The van der Waals surface area contributed by atoms with E-state index in [4.69, 9.17) is 0 Å². The maximum Gasteiger partial charge on any atom is 0.260 e. The van der Waals surface area contributed by atoms with Crippen LogP contribution >= 0.6 is 15.9 Å². The Kier molecular flexibility index (Phi) is 3.55. The minimum atomic E-state index is -0.479. The van der Waals surface area contributed by atoms with E-state index in [0.717, 1.165) is 10.0 Å². The highest BCUT2D eigenvalue weighted by Crippen LogP contribution is 2.12. The molecule has 0 spiro atoms. The number of benzene rings is 1. The van der Waals surface area contributed by atoms with Crippen molar-refractivity contribution < 1.29 is 9.59 Å². The number of carbonyl (C=O) groups excluding carboxylic acids is 2. The Labute approximate surface area is 83.6 Å². The van der Waals surface area contributed by atoms with Crippen molar-refractivity contribution in [2.45, 2.75) is 6.42 Å². The second-order valence-corrected chi connectivity index (χ2v) is 3.32. The van der Waals surface area contributed by atoms with E-state index >= 15 is 0 Å². The molecule has 4 heteroatoms. The number of carbonyl (C=O) groups is 1. The topological polar surface area (TPSA) is 46.5 Å². The summed E-state index contributed by atoms with van der Waals surface area (Å²) in [7, 11) is 0. The van der Waals surface area contributed by atoms with Crippen molar-refractivity contribution >= 4 is 27.9 Å². The lowest BCUT2D eigenvalue weighted by molar-refractivity contribution is -0.117. The highest BCUT2D eigenvalue weighted by atomic mass is 79.9. The molecule has 1 rings (SSSR count). The molecule has 0 aliphatic rings. The number of amides is 1. The molecule has 3 nitrogen and oxygen atoms in total. The fourth-order valence-electron chi connectivity index (χ4n) is 0.912. The van der Waals surface area contributed by atoms with Gasteiger partial charge < -0.3 is 0 Å². The quantitative estimate of drug-likeness (QED) is 0.585. The minimum absolute atomic E-state index is 0.134. The van der Waals surface area contributed by atoms with Crippen molar-refractivity contribution in [2.24, 2.45) is 4.99 Å². The van der Waals surface area contributed by atoms with Crippen LogP contribution in [-0.4, -0.2) is 12.0 Å². The van der Waals surface area contributed by atoms with E-state index < -0.39 is 5.91 Å². The number of hydrogen-bond acceptors (Lipinski definition) is 2. The molecule has 0 bridgehead atoms. The molecule has 0 aromatic heterocycles. The van der Waals surface area contributed by atoms with Gasteiger partial charge in [0, 0.05) is 4.47 Å². The van der Waals surface area contributed by atoms with Crippen LogP contribution in [0, 0.1) is 0 Å². The first-order chi connectivity index (χ1) is 6.22. The predicted molar refractivity (Wildman–Crippen MR) is 51.0 cm³/mol. The number of aliphatic imine (C=N–C) groups is 1. The summed E-state index contributed by atoms with van der Waals surface area (Å²) >= 11 is 3.27. The van der Waals surface area contributed by atoms with Crippen molar-refractivity contribution in [3.63, 3.8) is 0 Å². The lowest BCUT2D eigenvalue weighted by atomic mass is 10.1. The number of nitrogens with zero attached hydrogens (tertiary/aromatic N) is 1. The van der Waals surface area contributed by atoms with Gasteiger partial charge in [0.05, 0.1) is 6.42 Å². The molecule has 1 aromatic rings. The summed E-state index contributed by atoms with van der Waals surface area (Å²) in [5, 5.41) is 0. The number of halogens is 1. The Hall–Kier alpha value is -1.25. The maximum absolute atomic E-state index is 10.9. The first-order valence-electron chi connectivity index (χ1n) is 3.57. The molecule has 0 fully saturated rings. The van der Waals surface area contributed by atoms with Gasteiger partial charge in [-0.1, -0.05) is 28.1 Å². The van der Waals surface area contributed by atoms with Crippen LogP contribution in [0.2, 0.25) is 0 Å². The molecule has 0 saturated heterocycles. The first-order valence-corrected chi connectivity index (χ1v) is 4.37. The lowest BCUT2D eigenvalue weighted by Gasteiger charge is -1.96. The summed E-state index contributed by atoms with van der Waals surface area (Å²) in [5.74, 6) is -0.479. The fourth-order valence-corrected chi connectivity index (χ4v) is 1.36. The summed E-state index contributed by atoms with van der Waals surface area (Å²) in [6, 6.07) is 7.27. The summed E-state index contributed by atoms with van der Waals surface area (Å²) in [5.41, 5.74) is 0.818. The van der Waals surface area contributed by atoms with E-state index in [-0.39, 0.29) is 6.42 Å². The smallest absolute Gasteiger partial charge is 0.260 e. The molecule has 0 saturated carbocycles. The molecule has 0 aliphatic carbocycles. The van der Waals surface area contributed by atoms with Crippen LogP contribution in [0.25, 0.3) is 0 Å². The number of isocyanates is 1. The summed E-state index contributed by atoms with van der Waals surface area (Å²) < 4.78 is 0.896. The Morgan fingerprint density at radius 2 is 2.31 bits per heavy atom. The van der Waals surface area contributed by atoms with Gasteiger partial charge in [0.25, 0.3) is 5.91 Å². The van der Waals surface area contributed by atoms with Gasteiger partial charge in [-0.25, -0.2) is 4.79 Å². The van der Waals surface area contributed by atoms with Crippen molar-refractivity contribution in [1.82, 2.24) is 0 Å². The first kappa shape index (κ1) is 9.84. The maximum atomic E-state index is 10.9. The van der Waals surface area contributed by atoms with Gasteiger partial charge in [0.1, 0.15) is 0 Å². The molecule has 0 aliphatic heterocycles. The van der Waals surface area contributed by atoms with Gasteiger partial charge in [-0.2, -0.15) is 0 Å². The van der Waals surface area contributed by atoms with Crippen LogP contribution < -0.4 is 0 Å². The lowest BCUT2D eigenvalue weighted by Crippen LogP contribution is -1.97. The van der Waals surface area contributed by atoms with E-state index in [1.165, 1.54) is 6.08 Å². The highest BCUT2D eigenvalue weighted by molar-refractivity contribution is 9.10. The van der Waals surface area contributed by atoms with E-state index in [0.29, 0.717) is 0 Å². The monoisotopic (exact) mass is 239 g/mol. The average molecular weight is 240 g/mol. The number of hydrogen-bond donors (Lipinski definition) is 0. The zero-order chi connectivity index (χ0) is 9.68. The average Bonchev–Trinajstić information content (AvgIpc) is 2.04. The van der Waals surface area contributed by atoms with Crippen molar-refractivity contribution in [3.05, 3.63) is 34.3 Å². The van der Waals surface area contributed by atoms with Crippen LogP contribution in [0.15, 0.2) is 33.7 Å². The van der Waals surface area contributed by atoms with Crippen molar-refractivity contribution in [3.8, 4) is 0 Å². The summed E-state index contributed by atoms with van der Waals surface area (Å²) in [6.07, 6.45) is 1.35. The van der Waals surface area contributed by atoms with Crippen LogP contribution in [0.1, 0.15) is 5.56 Å². The molecular weight excluding hydrogens is 234 g/mol. The van der Waals surface area contributed by atoms with Gasteiger partial charge >= 0.3 is 0 Å². The summed E-state index contributed by atoms with van der Waals surface area (Å²) in [6.45, 7) is 0. The second kappa shape index (κ2) is 4.70. The van der Waals surface area contributed by atoms with Crippen LogP contribution in [0.5, 0.6) is 0 Å². The minimum Gasteiger partial charge on any atom is -0.271 e. The predicted octanol–water partition coefficient (Wildman–Crippen LogP) is 1.85. The molecule has 0 radical (unpaired) electrons. The molecule has 1 aromatic carbocycles. The third kappa shape index (κ3) is 3.32. The largest absolute Gasteiger partial charge is 0.271 e. The van der Waals surface area contributed by atoms with Crippen LogP contribution in [0.4, 0.5) is 0 Å². The normalized spacial score (nSPS) is 9.00. The Balaban J connectivity index is 2.74. The van der Waals surface area contributed by atoms with Crippen molar-refractivity contribution in [2.75, 3.05) is 0 Å². The van der Waals surface area contributed by atoms with Crippen molar-refractivity contribution in [1.29, 1.82) is 0 Å². The van der Waals surface area contributed by atoms with Gasteiger partial charge in [0.2, 0.25) is 6.08 Å². The summed E-state index contributed by atoms with van der Waals surface area (Å²) in [4.78, 5) is 23.6. The molecule has 1 amide bonds. The van der Waals surface area contributed by atoms with Gasteiger partial charge in [-0.3, -0.25) is 4.79 Å². The number of rotatable bonds is 2. The zero-order valence-electron chi connectivity index (χ0n) is 6.66. The van der Waals surface area contributed by atoms with Gasteiger partial charge in [-0.05, 0) is 17.7 Å². The van der Waals surface area contributed by atoms with E-state index in [2.05, 4.69) is 20.9 Å². The standard InChI is InChI=1S/C9H6BrNO2/c10-8-3-1-2-7(4-8)5-9(13)11-6-12/h1-4H,5H2. The molecule has 0 N–H and O–H groups in total. The van der Waals surface area contributed by atoms with E-state index in [1.54, 1.807) is 12.1 Å². The molecule has 0 unspecified atom stereocenters. The third-order valence-electron chi connectivity index (χ3n) is 1.41. The third-order valence-corrected chi connectivity index (χ3v) is 1.91. The molecule has 0 atom stereocenters. The Morgan fingerprint density at radius 1 is 1.54 bits per heavy atom. The Morgan fingerprint density at radius 3 is 2.92 bits per heavy atom. The Bertz CT molecular complexity index is 370. The van der Waals surface area contributed by atoms with Crippen LogP contribution in [0.3, 0.4) is 0 Å². The molecule has 13 heavy (non-hydrogen) atoms.